The number of urea groups is 1. The van der Waals surface area contributed by atoms with E-state index in [1.807, 2.05) is 6.07 Å². The Kier molecular flexibility index (Phi) is 5.19. The number of carbonyl (C=O) groups excluding carboxylic acids is 3. The van der Waals surface area contributed by atoms with Gasteiger partial charge < -0.3 is 14.5 Å². The number of fused-ring (bicyclic) bond motifs is 5. The van der Waals surface area contributed by atoms with Gasteiger partial charge >= 0.3 is 12.1 Å². The van der Waals surface area contributed by atoms with E-state index in [0.717, 1.165) is 4.90 Å². The molecular weight excluding hydrogens is 467 g/mol. The number of carbonyl (C=O) groups is 3. The van der Waals surface area contributed by atoms with Crippen LogP contribution in [0.1, 0.15) is 23.1 Å². The highest BCUT2D eigenvalue weighted by molar-refractivity contribution is 6.33. The monoisotopic (exact) mass is 484 g/mol. The van der Waals surface area contributed by atoms with Gasteiger partial charge in [0.1, 0.15) is 18.7 Å². The molecule has 33 heavy (non-hydrogen) atoms. The summed E-state index contributed by atoms with van der Waals surface area (Å²) in [7, 11) is 0. The van der Waals surface area contributed by atoms with Gasteiger partial charge in [-0.1, -0.05) is 41.4 Å². The zero-order valence-corrected chi connectivity index (χ0v) is 19.0. The standard InChI is InChI=1S/C23H18Cl2N4O4/c1-12-17(7-6-13(9-26)19(12)25)29-21(30)20-18-8-15(28(20)22(29)31)10-27(18)23(32)33-11-14-4-2-3-5-16(14)24/h2-7,15,18,20H,8,10-11H2,1H3/t15?,18?,20-/m1/s1. The van der Waals surface area contributed by atoms with E-state index in [0.29, 0.717) is 34.8 Å². The Bertz CT molecular complexity index is 1240. The first-order chi connectivity index (χ1) is 15.8. The fourth-order valence-electron chi connectivity index (χ4n) is 4.93. The Labute approximate surface area is 199 Å². The normalized spacial score (nSPS) is 23.2. The van der Waals surface area contributed by atoms with Gasteiger partial charge in [-0.3, -0.25) is 4.79 Å². The molecule has 0 N–H and O–H groups in total. The minimum absolute atomic E-state index is 0.0166. The number of ether oxygens (including phenoxy) is 1. The van der Waals surface area contributed by atoms with Crippen molar-refractivity contribution in [3.63, 3.8) is 0 Å². The van der Waals surface area contributed by atoms with Gasteiger partial charge in [-0.2, -0.15) is 5.26 Å². The molecular formula is C23H18Cl2N4O4. The minimum Gasteiger partial charge on any atom is -0.444 e. The van der Waals surface area contributed by atoms with Crippen LogP contribution in [0.2, 0.25) is 10.0 Å². The number of benzene rings is 2. The molecule has 5 rings (SSSR count). The molecule has 2 unspecified atom stereocenters. The summed E-state index contributed by atoms with van der Waals surface area (Å²) in [6, 6.07) is 10.2. The maximum atomic E-state index is 13.4. The number of likely N-dealkylation sites (tertiary alicyclic amines) is 1. The summed E-state index contributed by atoms with van der Waals surface area (Å²) < 4.78 is 5.45. The smallest absolute Gasteiger partial charge is 0.410 e. The third kappa shape index (κ3) is 3.23. The molecule has 3 heterocycles. The van der Waals surface area contributed by atoms with E-state index in [1.54, 1.807) is 42.2 Å². The zero-order chi connectivity index (χ0) is 23.4. The molecule has 3 saturated heterocycles. The van der Waals surface area contributed by atoms with E-state index in [1.165, 1.54) is 11.0 Å². The van der Waals surface area contributed by atoms with Crippen molar-refractivity contribution >= 4 is 46.9 Å². The minimum atomic E-state index is -0.780. The van der Waals surface area contributed by atoms with Gasteiger partial charge in [0.05, 0.1) is 28.4 Å². The second-order valence-corrected chi connectivity index (χ2v) is 9.03. The Hall–Kier alpha value is -3.28. The van der Waals surface area contributed by atoms with Crippen molar-refractivity contribution in [1.29, 1.82) is 5.26 Å². The van der Waals surface area contributed by atoms with Crippen molar-refractivity contribution in [3.05, 3.63) is 63.1 Å². The van der Waals surface area contributed by atoms with Crippen molar-refractivity contribution in [3.8, 4) is 6.07 Å². The van der Waals surface area contributed by atoms with Crippen molar-refractivity contribution < 1.29 is 19.1 Å². The van der Waals surface area contributed by atoms with Gasteiger partial charge in [0.2, 0.25) is 0 Å². The van der Waals surface area contributed by atoms with Crippen LogP contribution in [0.4, 0.5) is 15.3 Å². The highest BCUT2D eigenvalue weighted by atomic mass is 35.5. The number of rotatable bonds is 3. The molecule has 168 valence electrons. The highest BCUT2D eigenvalue weighted by Crippen LogP contribution is 2.43. The quantitative estimate of drug-likeness (QED) is 0.611. The number of nitriles is 1. The summed E-state index contributed by atoms with van der Waals surface area (Å²) in [5, 5.41) is 9.89. The molecule has 10 heteroatoms. The lowest BCUT2D eigenvalue weighted by molar-refractivity contribution is -0.121. The molecule has 3 atom stereocenters. The number of amides is 4. The number of nitrogens with zero attached hydrogens (tertiary/aromatic N) is 4. The summed E-state index contributed by atoms with van der Waals surface area (Å²) in [6.07, 6.45) is -0.0250. The van der Waals surface area contributed by atoms with Crippen molar-refractivity contribution in [2.75, 3.05) is 11.4 Å². The average Bonchev–Trinajstić information content (AvgIpc) is 3.47. The Balaban J connectivity index is 1.36. The number of imide groups is 1. The van der Waals surface area contributed by atoms with Gasteiger partial charge in [0.25, 0.3) is 5.91 Å². The van der Waals surface area contributed by atoms with Gasteiger partial charge in [-0.15, -0.1) is 0 Å². The van der Waals surface area contributed by atoms with Crippen LogP contribution in [0.25, 0.3) is 0 Å². The Morgan fingerprint density at radius 2 is 1.97 bits per heavy atom. The topological polar surface area (TPSA) is 94.0 Å². The molecule has 3 aliphatic rings. The van der Waals surface area contributed by atoms with Crippen LogP contribution < -0.4 is 4.90 Å². The first-order valence-electron chi connectivity index (χ1n) is 10.4. The van der Waals surface area contributed by atoms with E-state index in [-0.39, 0.29) is 23.2 Å². The predicted octanol–water partition coefficient (Wildman–Crippen LogP) is 4.10. The van der Waals surface area contributed by atoms with Crippen molar-refractivity contribution in [1.82, 2.24) is 9.80 Å². The fourth-order valence-corrected chi connectivity index (χ4v) is 5.32. The number of halogens is 2. The molecule has 2 aromatic rings. The van der Waals surface area contributed by atoms with Crippen LogP contribution >= 0.6 is 23.2 Å². The number of piperazine rings is 1. The van der Waals surface area contributed by atoms with Crippen LogP contribution in [-0.4, -0.2) is 52.5 Å². The summed E-state index contributed by atoms with van der Waals surface area (Å²) in [4.78, 5) is 43.5. The molecule has 3 fully saturated rings. The first kappa shape index (κ1) is 21.6. The molecule has 4 amide bonds. The summed E-state index contributed by atoms with van der Waals surface area (Å²) in [5.74, 6) is -0.417. The molecule has 2 aromatic carbocycles. The van der Waals surface area contributed by atoms with Gasteiger partial charge in [0.15, 0.2) is 0 Å². The summed E-state index contributed by atoms with van der Waals surface area (Å²) >= 11 is 12.4. The van der Waals surface area contributed by atoms with E-state index in [4.69, 9.17) is 27.9 Å². The molecule has 0 radical (unpaired) electrons. The third-order valence-corrected chi connectivity index (χ3v) is 7.38. The van der Waals surface area contributed by atoms with Crippen LogP contribution in [0.5, 0.6) is 0 Å². The number of hydrogen-bond acceptors (Lipinski definition) is 5. The van der Waals surface area contributed by atoms with E-state index >= 15 is 0 Å². The average molecular weight is 485 g/mol. The van der Waals surface area contributed by atoms with Crippen LogP contribution in [0, 0.1) is 18.3 Å². The Morgan fingerprint density at radius 1 is 1.21 bits per heavy atom. The largest absolute Gasteiger partial charge is 0.444 e. The molecule has 0 aliphatic carbocycles. The fraction of sp³-hybridized carbons (Fsp3) is 0.304. The molecule has 0 saturated carbocycles. The van der Waals surface area contributed by atoms with Crippen LogP contribution in [-0.2, 0) is 16.1 Å². The van der Waals surface area contributed by atoms with E-state index in [2.05, 4.69) is 0 Å². The third-order valence-electron chi connectivity index (χ3n) is 6.53. The lowest BCUT2D eigenvalue weighted by Crippen LogP contribution is -2.54. The van der Waals surface area contributed by atoms with Gasteiger partial charge in [-0.05, 0) is 37.1 Å². The molecule has 3 aliphatic heterocycles. The number of hydrogen-bond donors (Lipinski definition) is 0. The summed E-state index contributed by atoms with van der Waals surface area (Å²) in [5.41, 5.74) is 1.77. The molecule has 0 spiro atoms. The highest BCUT2D eigenvalue weighted by Gasteiger charge is 2.63. The summed E-state index contributed by atoms with van der Waals surface area (Å²) in [6.45, 7) is 1.97. The van der Waals surface area contributed by atoms with Crippen LogP contribution in [0.3, 0.4) is 0 Å². The van der Waals surface area contributed by atoms with E-state index < -0.39 is 30.1 Å². The SMILES string of the molecule is Cc1c(N2C(=O)[C@H]3C4CC(CN4C(=O)OCc4ccccc4Cl)N3C2=O)ccc(C#N)c1Cl. The van der Waals surface area contributed by atoms with Crippen molar-refractivity contribution in [2.45, 2.75) is 38.1 Å². The maximum absolute atomic E-state index is 13.4. The van der Waals surface area contributed by atoms with Gasteiger partial charge in [-0.25, -0.2) is 14.5 Å². The predicted molar refractivity (Wildman–Crippen MR) is 120 cm³/mol. The lowest BCUT2D eigenvalue weighted by Gasteiger charge is -2.34. The second kappa shape index (κ2) is 7.94. The Morgan fingerprint density at radius 3 is 2.70 bits per heavy atom. The van der Waals surface area contributed by atoms with Gasteiger partial charge in [0, 0.05) is 17.1 Å². The maximum Gasteiger partial charge on any atom is 0.410 e. The number of anilines is 1. The lowest BCUT2D eigenvalue weighted by atomic mass is 10.1. The molecule has 0 aromatic heterocycles. The first-order valence-corrected chi connectivity index (χ1v) is 11.1. The van der Waals surface area contributed by atoms with Crippen molar-refractivity contribution in [2.24, 2.45) is 0 Å². The van der Waals surface area contributed by atoms with E-state index in [9.17, 15) is 19.6 Å². The second-order valence-electron chi connectivity index (χ2n) is 8.25. The van der Waals surface area contributed by atoms with Crippen LogP contribution in [0.15, 0.2) is 36.4 Å². The molecule has 2 bridgehead atoms. The molecule has 8 nitrogen and oxygen atoms in total. The zero-order valence-electron chi connectivity index (χ0n) is 17.5.